The molecule has 1 unspecified atom stereocenters. The molecule has 0 amide bonds. The van der Waals surface area contributed by atoms with Crippen molar-refractivity contribution < 1.29 is 4.74 Å². The summed E-state index contributed by atoms with van der Waals surface area (Å²) in [5.41, 5.74) is 1.13. The first kappa shape index (κ1) is 14.3. The summed E-state index contributed by atoms with van der Waals surface area (Å²) in [5, 5.41) is 3.23. The maximum absolute atomic E-state index is 5.87. The van der Waals surface area contributed by atoms with Gasteiger partial charge in [-0.2, -0.15) is 0 Å². The van der Waals surface area contributed by atoms with Gasteiger partial charge in [0.2, 0.25) is 5.88 Å². The lowest BCUT2D eigenvalue weighted by Gasteiger charge is -2.26. The number of piperidine rings is 1. The van der Waals surface area contributed by atoms with Crippen LogP contribution in [0.3, 0.4) is 0 Å². The zero-order chi connectivity index (χ0) is 13.5. The van der Waals surface area contributed by atoms with Crippen LogP contribution in [-0.2, 0) is 0 Å². The van der Waals surface area contributed by atoms with Gasteiger partial charge < -0.3 is 10.1 Å². The lowest BCUT2D eigenvalue weighted by Crippen LogP contribution is -2.33. The summed E-state index contributed by atoms with van der Waals surface area (Å²) >= 11 is 0. The number of ether oxygens (including phenoxy) is 1. The van der Waals surface area contributed by atoms with E-state index in [1.807, 2.05) is 13.1 Å². The first-order chi connectivity index (χ1) is 9.31. The zero-order valence-electron chi connectivity index (χ0n) is 12.1. The van der Waals surface area contributed by atoms with Crippen LogP contribution in [0.15, 0.2) is 18.3 Å². The topological polar surface area (TPSA) is 37.4 Å². The van der Waals surface area contributed by atoms with Gasteiger partial charge in [-0.05, 0) is 46.0 Å². The lowest BCUT2D eigenvalue weighted by molar-refractivity contribution is 0.179. The van der Waals surface area contributed by atoms with E-state index in [9.17, 15) is 0 Å². The SMILES string of the molecule is CNC(C)c1cccnc1OCCN1CCCCC1. The highest BCUT2D eigenvalue weighted by atomic mass is 16.5. The van der Waals surface area contributed by atoms with E-state index >= 15 is 0 Å². The van der Waals surface area contributed by atoms with Gasteiger partial charge in [0.15, 0.2) is 0 Å². The van der Waals surface area contributed by atoms with Crippen LogP contribution in [0.2, 0.25) is 0 Å². The molecule has 1 fully saturated rings. The molecule has 19 heavy (non-hydrogen) atoms. The smallest absolute Gasteiger partial charge is 0.218 e. The van der Waals surface area contributed by atoms with Gasteiger partial charge in [-0.3, -0.25) is 4.90 Å². The average Bonchev–Trinajstić information content (AvgIpc) is 2.48. The van der Waals surface area contributed by atoms with Crippen LogP contribution >= 0.6 is 0 Å². The van der Waals surface area contributed by atoms with Gasteiger partial charge in [0.1, 0.15) is 6.61 Å². The van der Waals surface area contributed by atoms with Crippen molar-refractivity contribution in [3.05, 3.63) is 23.9 Å². The third-order valence-corrected chi connectivity index (χ3v) is 3.80. The quantitative estimate of drug-likeness (QED) is 0.854. The zero-order valence-corrected chi connectivity index (χ0v) is 12.1. The molecule has 4 nitrogen and oxygen atoms in total. The Hall–Kier alpha value is -1.13. The van der Waals surface area contributed by atoms with Gasteiger partial charge in [-0.1, -0.05) is 12.5 Å². The monoisotopic (exact) mass is 263 g/mol. The minimum absolute atomic E-state index is 0.263. The largest absolute Gasteiger partial charge is 0.476 e. The molecular weight excluding hydrogens is 238 g/mol. The van der Waals surface area contributed by atoms with Crippen molar-refractivity contribution in [1.82, 2.24) is 15.2 Å². The first-order valence-corrected chi connectivity index (χ1v) is 7.28. The minimum atomic E-state index is 0.263. The van der Waals surface area contributed by atoms with Gasteiger partial charge in [0.25, 0.3) is 0 Å². The Morgan fingerprint density at radius 3 is 2.89 bits per heavy atom. The highest BCUT2D eigenvalue weighted by Gasteiger charge is 2.12. The molecule has 1 saturated heterocycles. The predicted molar refractivity (Wildman–Crippen MR) is 77.5 cm³/mol. The van der Waals surface area contributed by atoms with E-state index in [1.54, 1.807) is 6.20 Å². The number of nitrogens with one attached hydrogen (secondary N) is 1. The van der Waals surface area contributed by atoms with Crippen LogP contribution in [0.5, 0.6) is 5.88 Å². The summed E-state index contributed by atoms with van der Waals surface area (Å²) in [6.07, 6.45) is 5.82. The standard InChI is InChI=1S/C15H25N3O/c1-13(16-2)14-7-6-8-17-15(14)19-12-11-18-9-4-3-5-10-18/h6-8,13,16H,3-5,9-12H2,1-2H3. The summed E-state index contributed by atoms with van der Waals surface area (Å²) < 4.78 is 5.87. The third-order valence-electron chi connectivity index (χ3n) is 3.80. The second-order valence-electron chi connectivity index (χ2n) is 5.16. The van der Waals surface area contributed by atoms with Crippen molar-refractivity contribution in [2.24, 2.45) is 0 Å². The molecule has 0 bridgehead atoms. The summed E-state index contributed by atoms with van der Waals surface area (Å²) in [6, 6.07) is 4.30. The van der Waals surface area contributed by atoms with E-state index in [2.05, 4.69) is 28.2 Å². The number of pyridine rings is 1. The normalized spacial score (nSPS) is 18.2. The fourth-order valence-electron chi connectivity index (χ4n) is 2.46. The van der Waals surface area contributed by atoms with Crippen molar-refractivity contribution in [3.8, 4) is 5.88 Å². The van der Waals surface area contributed by atoms with E-state index in [1.165, 1.54) is 32.4 Å². The average molecular weight is 263 g/mol. The van der Waals surface area contributed by atoms with E-state index in [4.69, 9.17) is 4.74 Å². The van der Waals surface area contributed by atoms with Gasteiger partial charge in [-0.25, -0.2) is 4.98 Å². The van der Waals surface area contributed by atoms with Crippen molar-refractivity contribution in [1.29, 1.82) is 0 Å². The van der Waals surface area contributed by atoms with Gasteiger partial charge in [0, 0.05) is 24.3 Å². The molecule has 0 aliphatic carbocycles. The molecule has 0 saturated carbocycles. The molecule has 0 spiro atoms. The molecule has 0 aromatic carbocycles. The van der Waals surface area contributed by atoms with Gasteiger partial charge in [0.05, 0.1) is 0 Å². The maximum Gasteiger partial charge on any atom is 0.218 e. The number of hydrogen-bond acceptors (Lipinski definition) is 4. The van der Waals surface area contributed by atoms with E-state index < -0.39 is 0 Å². The number of likely N-dealkylation sites (tertiary alicyclic amines) is 1. The molecule has 1 atom stereocenters. The van der Waals surface area contributed by atoms with Crippen molar-refractivity contribution in [2.45, 2.75) is 32.2 Å². The first-order valence-electron chi connectivity index (χ1n) is 7.28. The van der Waals surface area contributed by atoms with Crippen LogP contribution in [0.25, 0.3) is 0 Å². The lowest BCUT2D eigenvalue weighted by atomic mass is 10.1. The summed E-state index contributed by atoms with van der Waals surface area (Å²) in [4.78, 5) is 6.83. The molecule has 2 heterocycles. The van der Waals surface area contributed by atoms with E-state index in [0.29, 0.717) is 0 Å². The maximum atomic E-state index is 5.87. The van der Waals surface area contributed by atoms with Crippen molar-refractivity contribution >= 4 is 0 Å². The number of rotatable bonds is 6. The second-order valence-corrected chi connectivity index (χ2v) is 5.16. The van der Waals surface area contributed by atoms with Gasteiger partial charge in [-0.15, -0.1) is 0 Å². The van der Waals surface area contributed by atoms with Crippen molar-refractivity contribution in [3.63, 3.8) is 0 Å². The number of nitrogens with zero attached hydrogens (tertiary/aromatic N) is 2. The Bertz CT molecular complexity index is 377. The molecule has 1 aromatic rings. The Morgan fingerprint density at radius 1 is 1.37 bits per heavy atom. The molecule has 106 valence electrons. The fourth-order valence-corrected chi connectivity index (χ4v) is 2.46. The second kappa shape index (κ2) is 7.46. The van der Waals surface area contributed by atoms with Crippen molar-refractivity contribution in [2.75, 3.05) is 33.3 Å². The molecule has 1 aromatic heterocycles. The van der Waals surface area contributed by atoms with E-state index in [-0.39, 0.29) is 6.04 Å². The van der Waals surface area contributed by atoms with Crippen LogP contribution in [0.1, 0.15) is 37.8 Å². The van der Waals surface area contributed by atoms with E-state index in [0.717, 1.165) is 24.6 Å². The molecule has 1 aliphatic rings. The highest BCUT2D eigenvalue weighted by Crippen LogP contribution is 2.21. The Kier molecular flexibility index (Phi) is 5.61. The minimum Gasteiger partial charge on any atom is -0.476 e. The molecule has 1 N–H and O–H groups in total. The highest BCUT2D eigenvalue weighted by molar-refractivity contribution is 5.28. The third kappa shape index (κ3) is 4.18. The van der Waals surface area contributed by atoms with Crippen LogP contribution in [0.4, 0.5) is 0 Å². The number of hydrogen-bond donors (Lipinski definition) is 1. The van der Waals surface area contributed by atoms with Gasteiger partial charge >= 0.3 is 0 Å². The molecule has 4 heteroatoms. The number of aromatic nitrogens is 1. The molecular formula is C15H25N3O. The molecule has 2 rings (SSSR count). The predicted octanol–water partition coefficient (Wildman–Crippen LogP) is 2.23. The summed E-state index contributed by atoms with van der Waals surface area (Å²) in [5.74, 6) is 0.765. The Balaban J connectivity index is 1.84. The van der Waals surface area contributed by atoms with Crippen LogP contribution in [0, 0.1) is 0 Å². The summed E-state index contributed by atoms with van der Waals surface area (Å²) in [6.45, 7) is 6.27. The Morgan fingerprint density at radius 2 is 2.16 bits per heavy atom. The Labute approximate surface area is 116 Å². The van der Waals surface area contributed by atoms with Crippen LogP contribution in [-0.4, -0.2) is 43.2 Å². The van der Waals surface area contributed by atoms with Crippen LogP contribution < -0.4 is 10.1 Å². The molecule has 1 aliphatic heterocycles. The summed E-state index contributed by atoms with van der Waals surface area (Å²) in [7, 11) is 1.95. The molecule has 0 radical (unpaired) electrons. The fraction of sp³-hybridized carbons (Fsp3) is 0.667.